The lowest BCUT2D eigenvalue weighted by Gasteiger charge is -2.21. The molecule has 1 fully saturated rings. The molecular formula is C14H22N2O. The van der Waals surface area contributed by atoms with E-state index in [9.17, 15) is 0 Å². The van der Waals surface area contributed by atoms with Gasteiger partial charge in [0.1, 0.15) is 0 Å². The molecule has 2 rings (SSSR count). The fourth-order valence-electron chi connectivity index (χ4n) is 2.60. The minimum Gasteiger partial charge on any atom is -0.381 e. The van der Waals surface area contributed by atoms with Gasteiger partial charge in [-0.3, -0.25) is 11.3 Å². The zero-order valence-electron chi connectivity index (χ0n) is 10.7. The van der Waals surface area contributed by atoms with Crippen LogP contribution in [0.2, 0.25) is 0 Å². The van der Waals surface area contributed by atoms with Gasteiger partial charge in [-0.2, -0.15) is 0 Å². The number of ether oxygens (including phenoxy) is 1. The van der Waals surface area contributed by atoms with Gasteiger partial charge in [0.15, 0.2) is 0 Å². The first kappa shape index (κ1) is 12.6. The topological polar surface area (TPSA) is 47.3 Å². The van der Waals surface area contributed by atoms with Crippen molar-refractivity contribution >= 4 is 0 Å². The summed E-state index contributed by atoms with van der Waals surface area (Å²) in [5, 5.41) is 0. The molecule has 0 aliphatic carbocycles. The van der Waals surface area contributed by atoms with E-state index in [4.69, 9.17) is 10.6 Å². The maximum atomic E-state index is 5.70. The molecule has 1 aliphatic rings. The van der Waals surface area contributed by atoms with Crippen LogP contribution in [0.25, 0.3) is 0 Å². The fourth-order valence-corrected chi connectivity index (χ4v) is 2.60. The Morgan fingerprint density at radius 3 is 2.88 bits per heavy atom. The molecule has 3 N–H and O–H groups in total. The van der Waals surface area contributed by atoms with E-state index in [1.807, 2.05) is 0 Å². The highest BCUT2D eigenvalue weighted by molar-refractivity contribution is 5.32. The van der Waals surface area contributed by atoms with Gasteiger partial charge in [-0.15, -0.1) is 0 Å². The Bertz CT molecular complexity index is 372. The van der Waals surface area contributed by atoms with Gasteiger partial charge in [0.2, 0.25) is 0 Å². The highest BCUT2D eigenvalue weighted by Crippen LogP contribution is 2.28. The lowest BCUT2D eigenvalue weighted by atomic mass is 9.91. The van der Waals surface area contributed by atoms with Gasteiger partial charge in [0, 0.05) is 19.3 Å². The molecule has 1 aliphatic heterocycles. The van der Waals surface area contributed by atoms with Crippen molar-refractivity contribution < 1.29 is 4.74 Å². The largest absolute Gasteiger partial charge is 0.381 e. The molecular weight excluding hydrogens is 212 g/mol. The Labute approximate surface area is 103 Å². The quantitative estimate of drug-likeness (QED) is 0.620. The summed E-state index contributed by atoms with van der Waals surface area (Å²) in [6.07, 6.45) is 2.21. The third-order valence-corrected chi connectivity index (χ3v) is 3.59. The van der Waals surface area contributed by atoms with Gasteiger partial charge in [-0.1, -0.05) is 23.8 Å². The first-order valence-corrected chi connectivity index (χ1v) is 6.31. The Kier molecular flexibility index (Phi) is 4.15. The Balaban J connectivity index is 2.10. The van der Waals surface area contributed by atoms with E-state index in [-0.39, 0.29) is 6.04 Å². The average Bonchev–Trinajstić information content (AvgIpc) is 2.79. The molecule has 0 bridgehead atoms. The van der Waals surface area contributed by atoms with Crippen molar-refractivity contribution in [2.75, 3.05) is 13.2 Å². The minimum atomic E-state index is 0.238. The number of nitrogens with two attached hydrogens (primary N) is 1. The average molecular weight is 234 g/mol. The van der Waals surface area contributed by atoms with E-state index in [1.54, 1.807) is 0 Å². The first-order chi connectivity index (χ1) is 8.20. The summed E-state index contributed by atoms with van der Waals surface area (Å²) in [7, 11) is 0. The second kappa shape index (κ2) is 5.63. The smallest absolute Gasteiger partial charge is 0.0495 e. The lowest BCUT2D eigenvalue weighted by Crippen LogP contribution is -2.30. The summed E-state index contributed by atoms with van der Waals surface area (Å²) >= 11 is 0. The summed E-state index contributed by atoms with van der Waals surface area (Å²) in [6, 6.07) is 6.79. The van der Waals surface area contributed by atoms with Crippen LogP contribution in [0.5, 0.6) is 0 Å². The summed E-state index contributed by atoms with van der Waals surface area (Å²) in [5.74, 6) is 6.33. The molecule has 3 heteroatoms. The molecule has 0 spiro atoms. The molecule has 0 aromatic heterocycles. The molecule has 2 atom stereocenters. The number of hydrogen-bond donors (Lipinski definition) is 2. The van der Waals surface area contributed by atoms with Gasteiger partial charge >= 0.3 is 0 Å². The summed E-state index contributed by atoms with van der Waals surface area (Å²) < 4.78 is 5.42. The molecule has 0 amide bonds. The molecule has 1 heterocycles. The third-order valence-electron chi connectivity index (χ3n) is 3.59. The van der Waals surface area contributed by atoms with E-state index in [0.717, 1.165) is 26.1 Å². The van der Waals surface area contributed by atoms with Crippen molar-refractivity contribution in [3.63, 3.8) is 0 Å². The number of aryl methyl sites for hydroxylation is 2. The van der Waals surface area contributed by atoms with Gasteiger partial charge in [0.05, 0.1) is 0 Å². The van der Waals surface area contributed by atoms with Crippen LogP contribution in [0.4, 0.5) is 0 Å². The van der Waals surface area contributed by atoms with E-state index < -0.39 is 0 Å². The van der Waals surface area contributed by atoms with Crippen molar-refractivity contribution in [2.24, 2.45) is 11.8 Å². The molecule has 3 nitrogen and oxygen atoms in total. The molecule has 1 aromatic rings. The molecule has 2 unspecified atom stereocenters. The summed E-state index contributed by atoms with van der Waals surface area (Å²) in [6.45, 7) is 6.04. The third kappa shape index (κ3) is 3.06. The number of benzene rings is 1. The lowest BCUT2D eigenvalue weighted by molar-refractivity contribution is 0.181. The second-order valence-corrected chi connectivity index (χ2v) is 5.04. The van der Waals surface area contributed by atoms with Crippen LogP contribution < -0.4 is 11.3 Å². The van der Waals surface area contributed by atoms with Crippen molar-refractivity contribution in [3.8, 4) is 0 Å². The highest BCUT2D eigenvalue weighted by Gasteiger charge is 2.22. The predicted molar refractivity (Wildman–Crippen MR) is 69.5 cm³/mol. The van der Waals surface area contributed by atoms with Crippen molar-refractivity contribution in [1.29, 1.82) is 0 Å². The molecule has 1 saturated heterocycles. The monoisotopic (exact) mass is 234 g/mol. The highest BCUT2D eigenvalue weighted by atomic mass is 16.5. The molecule has 1 aromatic carbocycles. The van der Waals surface area contributed by atoms with Crippen LogP contribution in [-0.4, -0.2) is 13.2 Å². The standard InChI is InChI=1S/C14H22N2O/c1-10-3-4-13(11(2)7-10)14(16-15)8-12-5-6-17-9-12/h3-4,7,12,14,16H,5-6,8-9,15H2,1-2H3. The summed E-state index contributed by atoms with van der Waals surface area (Å²) in [4.78, 5) is 0. The van der Waals surface area contributed by atoms with E-state index in [0.29, 0.717) is 5.92 Å². The minimum absolute atomic E-state index is 0.238. The normalized spacial score (nSPS) is 21.7. The van der Waals surface area contributed by atoms with Crippen molar-refractivity contribution in [2.45, 2.75) is 32.7 Å². The van der Waals surface area contributed by atoms with E-state index in [1.165, 1.54) is 16.7 Å². The Hall–Kier alpha value is -0.900. The van der Waals surface area contributed by atoms with Gasteiger partial charge in [0.25, 0.3) is 0 Å². The maximum absolute atomic E-state index is 5.70. The van der Waals surface area contributed by atoms with Gasteiger partial charge < -0.3 is 4.74 Å². The SMILES string of the molecule is Cc1ccc(C(CC2CCOC2)NN)c(C)c1. The zero-order valence-corrected chi connectivity index (χ0v) is 10.7. The molecule has 94 valence electrons. The van der Waals surface area contributed by atoms with Crippen LogP contribution in [0.15, 0.2) is 18.2 Å². The first-order valence-electron chi connectivity index (χ1n) is 6.31. The fraction of sp³-hybridized carbons (Fsp3) is 0.571. The van der Waals surface area contributed by atoms with Gasteiger partial charge in [-0.05, 0) is 43.7 Å². The predicted octanol–water partition coefficient (Wildman–Crippen LogP) is 2.23. The van der Waals surface area contributed by atoms with E-state index in [2.05, 4.69) is 37.5 Å². The van der Waals surface area contributed by atoms with Crippen molar-refractivity contribution in [1.82, 2.24) is 5.43 Å². The van der Waals surface area contributed by atoms with Gasteiger partial charge in [-0.25, -0.2) is 0 Å². The molecule has 0 radical (unpaired) electrons. The number of nitrogens with one attached hydrogen (secondary N) is 1. The van der Waals surface area contributed by atoms with Crippen LogP contribution in [0.1, 0.15) is 35.6 Å². The van der Waals surface area contributed by atoms with Crippen molar-refractivity contribution in [3.05, 3.63) is 34.9 Å². The van der Waals surface area contributed by atoms with E-state index >= 15 is 0 Å². The van der Waals surface area contributed by atoms with Crippen LogP contribution >= 0.6 is 0 Å². The number of hydrazine groups is 1. The zero-order chi connectivity index (χ0) is 12.3. The number of rotatable bonds is 4. The van der Waals surface area contributed by atoms with Crippen LogP contribution in [0, 0.1) is 19.8 Å². The van der Waals surface area contributed by atoms with Crippen LogP contribution in [0.3, 0.4) is 0 Å². The molecule has 17 heavy (non-hydrogen) atoms. The second-order valence-electron chi connectivity index (χ2n) is 5.04. The van der Waals surface area contributed by atoms with Crippen LogP contribution in [-0.2, 0) is 4.74 Å². The Morgan fingerprint density at radius 2 is 2.29 bits per heavy atom. The summed E-state index contributed by atoms with van der Waals surface area (Å²) in [5.41, 5.74) is 6.87. The molecule has 0 saturated carbocycles. The maximum Gasteiger partial charge on any atom is 0.0495 e. The Morgan fingerprint density at radius 1 is 1.47 bits per heavy atom. The number of hydrogen-bond acceptors (Lipinski definition) is 3.